The number of hydrogen-bond acceptors (Lipinski definition) is 4. The number of aliphatic carboxylic acids is 1. The topological polar surface area (TPSA) is 79.3 Å². The van der Waals surface area contributed by atoms with Gasteiger partial charge in [-0.1, -0.05) is 0 Å². The van der Waals surface area contributed by atoms with Gasteiger partial charge in [-0.25, -0.2) is 4.98 Å². The maximum absolute atomic E-state index is 11.4. The predicted molar refractivity (Wildman–Crippen MR) is 56.1 cm³/mol. The van der Waals surface area contributed by atoms with E-state index in [-0.39, 0.29) is 12.3 Å². The number of carboxylic acid groups (broad SMARTS) is 1. The van der Waals surface area contributed by atoms with Crippen molar-refractivity contribution in [2.45, 2.75) is 19.8 Å². The van der Waals surface area contributed by atoms with Crippen LogP contribution >= 0.6 is 11.3 Å². The molecule has 0 fully saturated rings. The summed E-state index contributed by atoms with van der Waals surface area (Å²) < 4.78 is 0. The average molecular weight is 228 g/mol. The van der Waals surface area contributed by atoms with Crippen molar-refractivity contribution in [3.63, 3.8) is 0 Å². The molecule has 5 nitrogen and oxygen atoms in total. The van der Waals surface area contributed by atoms with Gasteiger partial charge in [0.05, 0.1) is 5.01 Å². The number of aryl methyl sites for hydroxylation is 1. The second kappa shape index (κ2) is 5.45. The molecule has 0 saturated heterocycles. The molecule has 0 bridgehead atoms. The first kappa shape index (κ1) is 11.6. The summed E-state index contributed by atoms with van der Waals surface area (Å²) in [6.07, 6.45) is 0.501. The number of amides is 1. The Morgan fingerprint density at radius 2 is 2.33 bits per heavy atom. The van der Waals surface area contributed by atoms with E-state index in [1.54, 1.807) is 5.38 Å². The van der Waals surface area contributed by atoms with E-state index >= 15 is 0 Å². The Hall–Kier alpha value is -1.43. The van der Waals surface area contributed by atoms with Gasteiger partial charge in [0.2, 0.25) is 0 Å². The van der Waals surface area contributed by atoms with Crippen molar-refractivity contribution < 1.29 is 14.7 Å². The first-order valence-corrected chi connectivity index (χ1v) is 5.39. The fraction of sp³-hybridized carbons (Fsp3) is 0.444. The molecule has 1 heterocycles. The number of carbonyl (C=O) groups is 2. The van der Waals surface area contributed by atoms with Gasteiger partial charge in [0, 0.05) is 18.3 Å². The number of carboxylic acids is 1. The highest BCUT2D eigenvalue weighted by atomic mass is 32.1. The van der Waals surface area contributed by atoms with Crippen LogP contribution in [0.2, 0.25) is 0 Å². The Labute approximate surface area is 91.1 Å². The van der Waals surface area contributed by atoms with Crippen LogP contribution in [0.1, 0.15) is 28.3 Å². The summed E-state index contributed by atoms with van der Waals surface area (Å²) >= 11 is 1.41. The number of hydrogen-bond donors (Lipinski definition) is 2. The predicted octanol–water partition coefficient (Wildman–Crippen LogP) is 1.05. The van der Waals surface area contributed by atoms with Crippen LogP contribution in [0, 0.1) is 6.92 Å². The molecule has 0 radical (unpaired) electrons. The first-order chi connectivity index (χ1) is 7.09. The lowest BCUT2D eigenvalue weighted by atomic mass is 10.3. The van der Waals surface area contributed by atoms with E-state index in [4.69, 9.17) is 5.11 Å². The number of nitrogens with one attached hydrogen (secondary N) is 1. The van der Waals surface area contributed by atoms with Gasteiger partial charge in [0.25, 0.3) is 5.91 Å². The minimum atomic E-state index is -0.853. The highest BCUT2D eigenvalue weighted by Crippen LogP contribution is 2.07. The monoisotopic (exact) mass is 228 g/mol. The minimum Gasteiger partial charge on any atom is -0.481 e. The molecule has 2 N–H and O–H groups in total. The average Bonchev–Trinajstić information content (AvgIpc) is 2.59. The van der Waals surface area contributed by atoms with Crippen molar-refractivity contribution >= 4 is 23.2 Å². The summed E-state index contributed by atoms with van der Waals surface area (Å²) in [5.41, 5.74) is 0.396. The third-order valence-corrected chi connectivity index (χ3v) is 2.48. The van der Waals surface area contributed by atoms with Crippen LogP contribution in [0.3, 0.4) is 0 Å². The zero-order valence-electron chi connectivity index (χ0n) is 8.32. The van der Waals surface area contributed by atoms with Crippen molar-refractivity contribution in [2.24, 2.45) is 0 Å². The standard InChI is InChI=1S/C9H12N2O3S/c1-6-11-7(5-15-6)9(14)10-4-2-3-8(12)13/h5H,2-4H2,1H3,(H,10,14)(H,12,13). The van der Waals surface area contributed by atoms with Gasteiger partial charge >= 0.3 is 5.97 Å². The third kappa shape index (κ3) is 4.07. The Balaban J connectivity index is 2.28. The summed E-state index contributed by atoms with van der Waals surface area (Å²) in [6.45, 7) is 2.19. The largest absolute Gasteiger partial charge is 0.481 e. The molecule has 1 aromatic rings. The zero-order chi connectivity index (χ0) is 11.3. The quantitative estimate of drug-likeness (QED) is 0.738. The third-order valence-electron chi connectivity index (χ3n) is 1.70. The number of carbonyl (C=O) groups excluding carboxylic acids is 1. The van der Waals surface area contributed by atoms with E-state index in [1.807, 2.05) is 6.92 Å². The number of aromatic nitrogens is 1. The fourth-order valence-corrected chi connectivity index (χ4v) is 1.59. The lowest BCUT2D eigenvalue weighted by Gasteiger charge is -2.00. The van der Waals surface area contributed by atoms with Gasteiger partial charge in [0.1, 0.15) is 5.69 Å². The van der Waals surface area contributed by atoms with Crippen LogP contribution in [-0.2, 0) is 4.79 Å². The number of thiazole rings is 1. The Morgan fingerprint density at radius 1 is 1.60 bits per heavy atom. The normalized spacial score (nSPS) is 9.93. The molecule has 0 aliphatic rings. The second-order valence-electron chi connectivity index (χ2n) is 3.00. The highest BCUT2D eigenvalue weighted by Gasteiger charge is 2.08. The molecule has 0 saturated carbocycles. The SMILES string of the molecule is Cc1nc(C(=O)NCCCC(=O)O)cs1. The molecule has 0 spiro atoms. The minimum absolute atomic E-state index is 0.0658. The maximum atomic E-state index is 11.4. The molecule has 0 aliphatic heterocycles. The molecule has 82 valence electrons. The first-order valence-electron chi connectivity index (χ1n) is 4.51. The van der Waals surface area contributed by atoms with Crippen LogP contribution in [0.15, 0.2) is 5.38 Å². The van der Waals surface area contributed by atoms with E-state index in [0.717, 1.165) is 5.01 Å². The fourth-order valence-electron chi connectivity index (χ4n) is 1.000. The van der Waals surface area contributed by atoms with Gasteiger partial charge < -0.3 is 10.4 Å². The van der Waals surface area contributed by atoms with Crippen molar-refractivity contribution in [1.29, 1.82) is 0 Å². The molecule has 1 rings (SSSR count). The number of nitrogens with zero attached hydrogens (tertiary/aromatic N) is 1. The Kier molecular flexibility index (Phi) is 4.23. The van der Waals surface area contributed by atoms with Gasteiger partial charge in [-0.05, 0) is 13.3 Å². The van der Waals surface area contributed by atoms with Gasteiger partial charge in [-0.15, -0.1) is 11.3 Å². The summed E-state index contributed by atoms with van der Waals surface area (Å²) in [4.78, 5) is 25.6. The molecule has 1 aromatic heterocycles. The van der Waals surface area contributed by atoms with E-state index in [2.05, 4.69) is 10.3 Å². The van der Waals surface area contributed by atoms with Gasteiger partial charge in [0.15, 0.2) is 0 Å². The molecule has 0 unspecified atom stereocenters. The lowest BCUT2D eigenvalue weighted by Crippen LogP contribution is -2.25. The van der Waals surface area contributed by atoms with E-state index in [1.165, 1.54) is 11.3 Å². The molecular weight excluding hydrogens is 216 g/mol. The smallest absolute Gasteiger partial charge is 0.303 e. The summed E-state index contributed by atoms with van der Waals surface area (Å²) in [5.74, 6) is -1.10. The molecular formula is C9H12N2O3S. The van der Waals surface area contributed by atoms with Crippen LogP contribution < -0.4 is 5.32 Å². The van der Waals surface area contributed by atoms with E-state index in [9.17, 15) is 9.59 Å². The van der Waals surface area contributed by atoms with Crippen LogP contribution in [0.5, 0.6) is 0 Å². The zero-order valence-corrected chi connectivity index (χ0v) is 9.13. The van der Waals surface area contributed by atoms with Crippen molar-refractivity contribution in [1.82, 2.24) is 10.3 Å². The van der Waals surface area contributed by atoms with E-state index in [0.29, 0.717) is 18.7 Å². The van der Waals surface area contributed by atoms with Crippen LogP contribution in [-0.4, -0.2) is 28.5 Å². The Morgan fingerprint density at radius 3 is 2.87 bits per heavy atom. The van der Waals surface area contributed by atoms with E-state index < -0.39 is 5.97 Å². The van der Waals surface area contributed by atoms with Crippen molar-refractivity contribution in [3.8, 4) is 0 Å². The lowest BCUT2D eigenvalue weighted by molar-refractivity contribution is -0.137. The molecule has 0 aliphatic carbocycles. The summed E-state index contributed by atoms with van der Waals surface area (Å²) in [5, 5.41) is 13.5. The summed E-state index contributed by atoms with van der Waals surface area (Å²) in [7, 11) is 0. The second-order valence-corrected chi connectivity index (χ2v) is 4.07. The van der Waals surface area contributed by atoms with Crippen LogP contribution in [0.4, 0.5) is 0 Å². The molecule has 6 heteroatoms. The van der Waals surface area contributed by atoms with Crippen LogP contribution in [0.25, 0.3) is 0 Å². The van der Waals surface area contributed by atoms with Crippen molar-refractivity contribution in [3.05, 3.63) is 16.1 Å². The maximum Gasteiger partial charge on any atom is 0.303 e. The Bertz CT molecular complexity index is 362. The number of rotatable bonds is 5. The highest BCUT2D eigenvalue weighted by molar-refractivity contribution is 7.09. The molecule has 1 amide bonds. The van der Waals surface area contributed by atoms with Crippen molar-refractivity contribution in [2.75, 3.05) is 6.54 Å². The molecule has 15 heavy (non-hydrogen) atoms. The van der Waals surface area contributed by atoms with Gasteiger partial charge in [-0.3, -0.25) is 9.59 Å². The molecule has 0 atom stereocenters. The summed E-state index contributed by atoms with van der Waals surface area (Å²) in [6, 6.07) is 0. The molecule has 0 aromatic carbocycles. The van der Waals surface area contributed by atoms with Gasteiger partial charge in [-0.2, -0.15) is 0 Å².